The molecule has 1 amide bonds. The minimum absolute atomic E-state index is 0.0436. The van der Waals surface area contributed by atoms with Crippen LogP contribution in [0.15, 0.2) is 47.8 Å². The Morgan fingerprint density at radius 3 is 2.42 bits per heavy atom. The summed E-state index contributed by atoms with van der Waals surface area (Å²) in [6.45, 7) is -0.524. The number of amides is 1. The Morgan fingerprint density at radius 1 is 1.11 bits per heavy atom. The van der Waals surface area contributed by atoms with Crippen LogP contribution < -0.4 is 5.73 Å². The van der Waals surface area contributed by atoms with Gasteiger partial charge in [-0.15, -0.1) is 0 Å². The normalized spacial score (nSPS) is 21.3. The fourth-order valence-corrected chi connectivity index (χ4v) is 7.24. The minimum atomic E-state index is -3.69. The second kappa shape index (κ2) is 8.91. The SMILES string of the molecule is Cn1ccc(-c2ccc(-c3ccn4c(N)c(S(C)(=O)=O)c(C5C[C@H]6CC[C@@H](C5)N6C(=O)CO)nc34)cn2)n1. The van der Waals surface area contributed by atoms with Gasteiger partial charge in [-0.2, -0.15) is 5.10 Å². The lowest BCUT2D eigenvalue weighted by atomic mass is 9.87. The van der Waals surface area contributed by atoms with Crippen molar-refractivity contribution in [3.8, 4) is 22.5 Å². The number of hydrogen-bond acceptors (Lipinski definition) is 8. The van der Waals surface area contributed by atoms with Crippen molar-refractivity contribution in [3.63, 3.8) is 0 Å². The number of nitrogens with zero attached hydrogens (tertiary/aromatic N) is 6. The molecule has 2 aliphatic heterocycles. The number of sulfone groups is 1. The smallest absolute Gasteiger partial charge is 0.248 e. The van der Waals surface area contributed by atoms with Crippen molar-refractivity contribution in [2.24, 2.45) is 7.05 Å². The first-order valence-corrected chi connectivity index (χ1v) is 14.4. The van der Waals surface area contributed by atoms with E-state index in [1.807, 2.05) is 37.5 Å². The maximum atomic E-state index is 13.0. The van der Waals surface area contributed by atoms with Crippen LogP contribution in [0.3, 0.4) is 0 Å². The van der Waals surface area contributed by atoms with Gasteiger partial charge < -0.3 is 15.7 Å². The summed E-state index contributed by atoms with van der Waals surface area (Å²) in [6.07, 6.45) is 9.28. The van der Waals surface area contributed by atoms with Crippen LogP contribution in [0.1, 0.15) is 37.3 Å². The number of aromatic nitrogens is 5. The van der Waals surface area contributed by atoms with Gasteiger partial charge >= 0.3 is 0 Å². The number of fused-ring (bicyclic) bond motifs is 3. The molecular weight excluding hydrogens is 506 g/mol. The van der Waals surface area contributed by atoms with E-state index in [4.69, 9.17) is 10.7 Å². The zero-order chi connectivity index (χ0) is 26.8. The van der Waals surface area contributed by atoms with E-state index in [0.29, 0.717) is 24.2 Å². The molecule has 2 bridgehead atoms. The van der Waals surface area contributed by atoms with Gasteiger partial charge in [-0.05, 0) is 43.9 Å². The summed E-state index contributed by atoms with van der Waals surface area (Å²) in [6, 6.07) is 7.47. The van der Waals surface area contributed by atoms with Crippen LogP contribution in [0, 0.1) is 0 Å². The third kappa shape index (κ3) is 3.95. The van der Waals surface area contributed by atoms with Crippen LogP contribution in [0.4, 0.5) is 5.82 Å². The number of nitrogens with two attached hydrogens (primary N) is 1. The van der Waals surface area contributed by atoms with Gasteiger partial charge in [0.2, 0.25) is 5.91 Å². The van der Waals surface area contributed by atoms with E-state index in [9.17, 15) is 18.3 Å². The Labute approximate surface area is 219 Å². The monoisotopic (exact) mass is 535 g/mol. The molecule has 38 heavy (non-hydrogen) atoms. The van der Waals surface area contributed by atoms with E-state index in [1.165, 1.54) is 0 Å². The second-order valence-electron chi connectivity index (χ2n) is 10.2. The van der Waals surface area contributed by atoms with Crippen molar-refractivity contribution in [3.05, 3.63) is 48.5 Å². The Kier molecular flexibility index (Phi) is 5.76. The molecule has 3 N–H and O–H groups in total. The number of aryl methyl sites for hydroxylation is 1. The summed E-state index contributed by atoms with van der Waals surface area (Å²) in [5, 5.41) is 13.8. The second-order valence-corrected chi connectivity index (χ2v) is 12.2. The molecule has 6 rings (SSSR count). The van der Waals surface area contributed by atoms with E-state index in [-0.39, 0.29) is 34.6 Å². The van der Waals surface area contributed by atoms with Crippen LogP contribution in [-0.2, 0) is 21.7 Å². The van der Waals surface area contributed by atoms with E-state index in [2.05, 4.69) is 10.1 Å². The van der Waals surface area contributed by atoms with Crippen LogP contribution in [0.5, 0.6) is 0 Å². The van der Waals surface area contributed by atoms with Gasteiger partial charge in [0.15, 0.2) is 9.84 Å². The lowest BCUT2D eigenvalue weighted by Crippen LogP contribution is -2.47. The quantitative estimate of drug-likeness (QED) is 0.394. The minimum Gasteiger partial charge on any atom is -0.387 e. The first kappa shape index (κ1) is 24.6. The predicted molar refractivity (Wildman–Crippen MR) is 141 cm³/mol. The number of rotatable bonds is 5. The molecule has 12 heteroatoms. The maximum absolute atomic E-state index is 13.0. The number of nitrogen functional groups attached to an aromatic ring is 1. The van der Waals surface area contributed by atoms with E-state index in [0.717, 1.165) is 41.6 Å². The molecule has 0 saturated carbocycles. The maximum Gasteiger partial charge on any atom is 0.248 e. The Hall–Kier alpha value is -3.77. The van der Waals surface area contributed by atoms with Gasteiger partial charge in [-0.3, -0.25) is 18.9 Å². The fraction of sp³-hybridized carbons (Fsp3) is 0.385. The summed E-state index contributed by atoms with van der Waals surface area (Å²) in [5.41, 5.74) is 10.6. The topological polar surface area (TPSA) is 149 Å². The van der Waals surface area contributed by atoms with Crippen LogP contribution >= 0.6 is 0 Å². The molecule has 0 aliphatic carbocycles. The lowest BCUT2D eigenvalue weighted by Gasteiger charge is -2.39. The Balaban J connectivity index is 1.44. The van der Waals surface area contributed by atoms with Gasteiger partial charge in [-0.1, -0.05) is 6.07 Å². The van der Waals surface area contributed by atoms with Gasteiger partial charge in [0.05, 0.1) is 11.4 Å². The van der Waals surface area contributed by atoms with Gasteiger partial charge in [0, 0.05) is 61.0 Å². The number of aliphatic hydroxyl groups excluding tert-OH is 1. The van der Waals surface area contributed by atoms with Crippen molar-refractivity contribution < 1.29 is 18.3 Å². The third-order valence-corrected chi connectivity index (χ3v) is 8.93. The highest BCUT2D eigenvalue weighted by molar-refractivity contribution is 7.91. The lowest BCUT2D eigenvalue weighted by molar-refractivity contribution is -0.138. The van der Waals surface area contributed by atoms with Crippen molar-refractivity contribution in [1.29, 1.82) is 0 Å². The molecule has 2 saturated heterocycles. The molecule has 2 fully saturated rings. The summed E-state index contributed by atoms with van der Waals surface area (Å²) >= 11 is 0. The zero-order valence-electron chi connectivity index (χ0n) is 21.1. The number of aliphatic hydroxyl groups is 1. The molecule has 0 radical (unpaired) electrons. The number of anilines is 1. The fourth-order valence-electron chi connectivity index (χ4n) is 6.17. The zero-order valence-corrected chi connectivity index (χ0v) is 22.0. The van der Waals surface area contributed by atoms with E-state index >= 15 is 0 Å². The molecule has 1 unspecified atom stereocenters. The highest BCUT2D eigenvalue weighted by Gasteiger charge is 2.45. The standard InChI is InChI=1S/C26H29N7O4S/c1-31-9-8-21(30-31)20-6-3-15(13-28-20)19-7-10-32-25(27)24(38(2,36)37)23(29-26(19)32)16-11-17-4-5-18(12-16)33(17)22(35)14-34/h3,6-10,13,16-18,34H,4-5,11-12,14,27H2,1-2H3/t16?,17-,18+. The van der Waals surface area contributed by atoms with Crippen LogP contribution in [0.2, 0.25) is 0 Å². The largest absolute Gasteiger partial charge is 0.387 e. The molecule has 4 aromatic rings. The number of pyridine rings is 1. The van der Waals surface area contributed by atoms with Crippen LogP contribution in [-0.4, -0.2) is 73.4 Å². The summed E-state index contributed by atoms with van der Waals surface area (Å²) in [5.74, 6) is -0.338. The Morgan fingerprint density at radius 2 is 1.84 bits per heavy atom. The first-order chi connectivity index (χ1) is 18.2. The average Bonchev–Trinajstić information content (AvgIpc) is 3.58. The number of carbonyl (C=O) groups excluding carboxylic acids is 1. The highest BCUT2D eigenvalue weighted by Crippen LogP contribution is 2.45. The van der Waals surface area contributed by atoms with Gasteiger partial charge in [0.1, 0.15) is 28.7 Å². The third-order valence-electron chi connectivity index (χ3n) is 7.77. The van der Waals surface area contributed by atoms with Crippen LogP contribution in [0.25, 0.3) is 28.2 Å². The van der Waals surface area contributed by atoms with E-state index in [1.54, 1.807) is 26.4 Å². The molecule has 0 spiro atoms. The number of carbonyl (C=O) groups is 1. The number of hydrogen-bond donors (Lipinski definition) is 2. The van der Waals surface area contributed by atoms with Crippen molar-refractivity contribution in [1.82, 2.24) is 29.0 Å². The highest BCUT2D eigenvalue weighted by atomic mass is 32.2. The summed E-state index contributed by atoms with van der Waals surface area (Å²) < 4.78 is 29.3. The molecule has 4 aromatic heterocycles. The average molecular weight is 536 g/mol. The van der Waals surface area contributed by atoms with Gasteiger partial charge in [0.25, 0.3) is 0 Å². The molecule has 2 aliphatic rings. The van der Waals surface area contributed by atoms with E-state index < -0.39 is 16.4 Å². The molecule has 0 aromatic carbocycles. The summed E-state index contributed by atoms with van der Waals surface area (Å²) in [7, 11) is -1.84. The molecule has 11 nitrogen and oxygen atoms in total. The first-order valence-electron chi connectivity index (χ1n) is 12.5. The predicted octanol–water partition coefficient (Wildman–Crippen LogP) is 2.01. The Bertz CT molecular complexity index is 1640. The molecule has 3 atom stereocenters. The summed E-state index contributed by atoms with van der Waals surface area (Å²) in [4.78, 5) is 23.7. The number of piperidine rings is 1. The van der Waals surface area contributed by atoms with Crippen molar-refractivity contribution in [2.45, 2.75) is 48.6 Å². The molecular formula is C26H29N7O4S. The van der Waals surface area contributed by atoms with Crippen molar-refractivity contribution >= 4 is 27.2 Å². The van der Waals surface area contributed by atoms with Gasteiger partial charge in [-0.25, -0.2) is 13.4 Å². The molecule has 198 valence electrons. The van der Waals surface area contributed by atoms with Crippen molar-refractivity contribution in [2.75, 3.05) is 18.6 Å². The molecule has 6 heterocycles.